The maximum Gasteiger partial charge on any atom is 0.255 e. The standard InChI is InChI=1S/C12H21N3O3/c1-8(2)17-7-9(13)11-14-12(18-15-11)10-5-3-4-6-16-10/h8-10H,3-7,13H2,1-2H3. The quantitative estimate of drug-likeness (QED) is 0.862. The Bertz CT molecular complexity index is 361. The Morgan fingerprint density at radius 1 is 1.44 bits per heavy atom. The first-order valence-corrected chi connectivity index (χ1v) is 6.49. The molecule has 0 aromatic carbocycles. The smallest absolute Gasteiger partial charge is 0.255 e. The van der Waals surface area contributed by atoms with Crippen LogP contribution in [0.15, 0.2) is 4.52 Å². The van der Waals surface area contributed by atoms with Gasteiger partial charge in [-0.15, -0.1) is 0 Å². The van der Waals surface area contributed by atoms with Crippen molar-refractivity contribution in [3.8, 4) is 0 Å². The molecule has 6 nitrogen and oxygen atoms in total. The summed E-state index contributed by atoms with van der Waals surface area (Å²) in [6.45, 7) is 5.07. The highest BCUT2D eigenvalue weighted by Gasteiger charge is 2.24. The molecule has 0 spiro atoms. The number of hydrogen-bond donors (Lipinski definition) is 1. The number of ether oxygens (including phenoxy) is 2. The summed E-state index contributed by atoms with van der Waals surface area (Å²) in [5.74, 6) is 1.02. The molecule has 1 saturated heterocycles. The van der Waals surface area contributed by atoms with Crippen LogP contribution in [0.25, 0.3) is 0 Å². The zero-order valence-corrected chi connectivity index (χ0v) is 11.0. The summed E-state index contributed by atoms with van der Waals surface area (Å²) in [4.78, 5) is 4.30. The average Bonchev–Trinajstić information content (AvgIpc) is 2.86. The van der Waals surface area contributed by atoms with Gasteiger partial charge >= 0.3 is 0 Å². The van der Waals surface area contributed by atoms with Crippen LogP contribution in [0, 0.1) is 0 Å². The monoisotopic (exact) mass is 255 g/mol. The van der Waals surface area contributed by atoms with Crippen LogP contribution in [0.2, 0.25) is 0 Å². The Morgan fingerprint density at radius 3 is 2.94 bits per heavy atom. The Morgan fingerprint density at radius 2 is 2.28 bits per heavy atom. The molecular formula is C12H21N3O3. The first-order valence-electron chi connectivity index (χ1n) is 6.49. The molecule has 18 heavy (non-hydrogen) atoms. The van der Waals surface area contributed by atoms with Crippen molar-refractivity contribution in [3.63, 3.8) is 0 Å². The van der Waals surface area contributed by atoms with Gasteiger partial charge in [0, 0.05) is 6.61 Å². The third-order valence-corrected chi connectivity index (χ3v) is 2.85. The van der Waals surface area contributed by atoms with Crippen molar-refractivity contribution in [3.05, 3.63) is 11.7 Å². The van der Waals surface area contributed by atoms with Crippen LogP contribution < -0.4 is 5.73 Å². The predicted octanol–water partition coefficient (Wildman–Crippen LogP) is 1.74. The Hall–Kier alpha value is -0.980. The van der Waals surface area contributed by atoms with Gasteiger partial charge in [-0.05, 0) is 33.1 Å². The number of rotatable bonds is 5. The van der Waals surface area contributed by atoms with Gasteiger partial charge in [0.2, 0.25) is 0 Å². The third-order valence-electron chi connectivity index (χ3n) is 2.85. The van der Waals surface area contributed by atoms with Gasteiger partial charge in [-0.1, -0.05) is 5.16 Å². The maximum atomic E-state index is 5.94. The minimum Gasteiger partial charge on any atom is -0.377 e. The van der Waals surface area contributed by atoms with Gasteiger partial charge in [0.25, 0.3) is 5.89 Å². The molecule has 1 fully saturated rings. The van der Waals surface area contributed by atoms with Crippen LogP contribution in [0.3, 0.4) is 0 Å². The van der Waals surface area contributed by atoms with Gasteiger partial charge in [-0.2, -0.15) is 4.98 Å². The SMILES string of the molecule is CC(C)OCC(N)c1noc(C2CCCCO2)n1. The fraction of sp³-hybridized carbons (Fsp3) is 0.833. The number of nitrogens with two attached hydrogens (primary N) is 1. The van der Waals surface area contributed by atoms with Crippen LogP contribution >= 0.6 is 0 Å². The predicted molar refractivity (Wildman–Crippen MR) is 64.9 cm³/mol. The van der Waals surface area contributed by atoms with Crippen molar-refractivity contribution < 1.29 is 14.0 Å². The van der Waals surface area contributed by atoms with E-state index in [4.69, 9.17) is 19.7 Å². The molecule has 0 radical (unpaired) electrons. The van der Waals surface area contributed by atoms with E-state index < -0.39 is 0 Å². The highest BCUT2D eigenvalue weighted by molar-refractivity contribution is 4.96. The second-order valence-corrected chi connectivity index (χ2v) is 4.83. The molecule has 1 aromatic heterocycles. The molecule has 102 valence electrons. The van der Waals surface area contributed by atoms with Crippen LogP contribution in [-0.4, -0.2) is 29.5 Å². The molecule has 2 rings (SSSR count). The van der Waals surface area contributed by atoms with Gasteiger partial charge in [0.15, 0.2) is 5.82 Å². The molecule has 0 saturated carbocycles. The van der Waals surface area contributed by atoms with Crippen molar-refractivity contribution >= 4 is 0 Å². The van der Waals surface area contributed by atoms with Crippen molar-refractivity contribution in [2.45, 2.75) is 51.4 Å². The molecule has 0 aliphatic carbocycles. The summed E-state index contributed by atoms with van der Waals surface area (Å²) >= 11 is 0. The van der Waals surface area contributed by atoms with Gasteiger partial charge in [-0.25, -0.2) is 0 Å². The van der Waals surface area contributed by atoms with Gasteiger partial charge in [-0.3, -0.25) is 0 Å². The van der Waals surface area contributed by atoms with Crippen LogP contribution in [0.4, 0.5) is 0 Å². The fourth-order valence-corrected chi connectivity index (χ4v) is 1.83. The number of hydrogen-bond acceptors (Lipinski definition) is 6. The highest BCUT2D eigenvalue weighted by atomic mass is 16.5. The topological polar surface area (TPSA) is 83.4 Å². The highest BCUT2D eigenvalue weighted by Crippen LogP contribution is 2.26. The molecule has 6 heteroatoms. The van der Waals surface area contributed by atoms with E-state index >= 15 is 0 Å². The lowest BCUT2D eigenvalue weighted by atomic mass is 10.1. The largest absolute Gasteiger partial charge is 0.377 e. The fourth-order valence-electron chi connectivity index (χ4n) is 1.83. The minimum absolute atomic E-state index is 0.0711. The number of aromatic nitrogens is 2. The summed E-state index contributed by atoms with van der Waals surface area (Å²) in [7, 11) is 0. The Balaban J connectivity index is 1.92. The maximum absolute atomic E-state index is 5.94. The van der Waals surface area contributed by atoms with Crippen LogP contribution in [0.5, 0.6) is 0 Å². The van der Waals surface area contributed by atoms with Gasteiger partial charge in [0.05, 0.1) is 18.8 Å². The molecule has 1 aromatic rings. The third kappa shape index (κ3) is 3.51. The van der Waals surface area contributed by atoms with E-state index in [1.807, 2.05) is 13.8 Å². The minimum atomic E-state index is -0.353. The van der Waals surface area contributed by atoms with Gasteiger partial charge < -0.3 is 19.7 Å². The first-order chi connectivity index (χ1) is 8.66. The summed E-state index contributed by atoms with van der Waals surface area (Å²) in [6.07, 6.45) is 3.23. The van der Waals surface area contributed by atoms with Gasteiger partial charge in [0.1, 0.15) is 6.10 Å². The molecular weight excluding hydrogens is 234 g/mol. The molecule has 2 N–H and O–H groups in total. The molecule has 0 bridgehead atoms. The molecule has 2 heterocycles. The van der Waals surface area contributed by atoms with E-state index in [1.165, 1.54) is 0 Å². The van der Waals surface area contributed by atoms with Crippen molar-refractivity contribution in [1.29, 1.82) is 0 Å². The lowest BCUT2D eigenvalue weighted by Gasteiger charge is -2.18. The molecule has 2 unspecified atom stereocenters. The lowest BCUT2D eigenvalue weighted by molar-refractivity contribution is -0.00459. The molecule has 1 aliphatic rings. The number of nitrogens with zero attached hydrogens (tertiary/aromatic N) is 2. The van der Waals surface area contributed by atoms with E-state index in [1.54, 1.807) is 0 Å². The average molecular weight is 255 g/mol. The second kappa shape index (κ2) is 6.26. The molecule has 1 aliphatic heterocycles. The van der Waals surface area contributed by atoms with E-state index in [-0.39, 0.29) is 18.2 Å². The van der Waals surface area contributed by atoms with E-state index in [0.717, 1.165) is 25.9 Å². The van der Waals surface area contributed by atoms with Crippen molar-refractivity contribution in [2.24, 2.45) is 5.73 Å². The first kappa shape index (κ1) is 13.5. The Kier molecular flexibility index (Phi) is 4.68. The Labute approximate surface area is 107 Å². The molecule has 2 atom stereocenters. The van der Waals surface area contributed by atoms with Crippen LogP contribution in [-0.2, 0) is 9.47 Å². The summed E-state index contributed by atoms with van der Waals surface area (Å²) in [5.41, 5.74) is 5.94. The summed E-state index contributed by atoms with van der Waals surface area (Å²) in [6, 6.07) is -0.353. The van der Waals surface area contributed by atoms with Crippen LogP contribution in [0.1, 0.15) is 57.0 Å². The second-order valence-electron chi connectivity index (χ2n) is 4.83. The van der Waals surface area contributed by atoms with E-state index in [9.17, 15) is 0 Å². The normalized spacial score (nSPS) is 22.3. The lowest BCUT2D eigenvalue weighted by Crippen LogP contribution is -2.21. The summed E-state index contributed by atoms with van der Waals surface area (Å²) < 4.78 is 16.2. The summed E-state index contributed by atoms with van der Waals surface area (Å²) in [5, 5.41) is 3.90. The molecule has 0 amide bonds. The zero-order valence-electron chi connectivity index (χ0n) is 11.0. The van der Waals surface area contributed by atoms with E-state index in [0.29, 0.717) is 18.3 Å². The van der Waals surface area contributed by atoms with Crippen molar-refractivity contribution in [2.75, 3.05) is 13.2 Å². The van der Waals surface area contributed by atoms with E-state index in [2.05, 4.69) is 10.1 Å². The zero-order chi connectivity index (χ0) is 13.0. The van der Waals surface area contributed by atoms with Crippen molar-refractivity contribution in [1.82, 2.24) is 10.1 Å².